The average molecular weight is 276 g/mol. The van der Waals surface area contributed by atoms with E-state index in [1.165, 1.54) is 43.5 Å². The summed E-state index contributed by atoms with van der Waals surface area (Å²) < 4.78 is 5.15. The van der Waals surface area contributed by atoms with Gasteiger partial charge in [0.15, 0.2) is 0 Å². The molecule has 1 aliphatic heterocycles. The molecule has 0 unspecified atom stereocenters. The van der Waals surface area contributed by atoms with Gasteiger partial charge in [0.1, 0.15) is 0 Å². The topological polar surface area (TPSA) is 24.5 Å². The van der Waals surface area contributed by atoms with Gasteiger partial charge in [0, 0.05) is 13.7 Å². The minimum Gasteiger partial charge on any atom is -0.380 e. The lowest BCUT2D eigenvalue weighted by Crippen LogP contribution is -2.34. The lowest BCUT2D eigenvalue weighted by Gasteiger charge is -2.32. The predicted octanol–water partition coefficient (Wildman–Crippen LogP) is 2.65. The van der Waals surface area contributed by atoms with E-state index in [1.54, 1.807) is 7.11 Å². The fourth-order valence-corrected chi connectivity index (χ4v) is 2.95. The van der Waals surface area contributed by atoms with Crippen LogP contribution in [0.1, 0.15) is 30.4 Å². The molecule has 0 amide bonds. The molecule has 1 heterocycles. The van der Waals surface area contributed by atoms with Gasteiger partial charge in [-0.15, -0.1) is 0 Å². The molecular formula is C17H28N2O. The summed E-state index contributed by atoms with van der Waals surface area (Å²) in [5, 5.41) is 3.26. The number of nitrogens with one attached hydrogen (secondary N) is 1. The summed E-state index contributed by atoms with van der Waals surface area (Å²) in [4.78, 5) is 2.58. The molecule has 1 saturated heterocycles. The van der Waals surface area contributed by atoms with Gasteiger partial charge in [0.25, 0.3) is 0 Å². The van der Waals surface area contributed by atoms with Crippen LogP contribution in [0.4, 0.5) is 0 Å². The van der Waals surface area contributed by atoms with Crippen LogP contribution in [-0.2, 0) is 17.9 Å². The van der Waals surface area contributed by atoms with Gasteiger partial charge in [-0.2, -0.15) is 0 Å². The number of nitrogens with zero attached hydrogens (tertiary/aromatic N) is 1. The van der Waals surface area contributed by atoms with Crippen molar-refractivity contribution < 1.29 is 4.74 Å². The Morgan fingerprint density at radius 1 is 1.15 bits per heavy atom. The van der Waals surface area contributed by atoms with E-state index in [2.05, 4.69) is 34.5 Å². The lowest BCUT2D eigenvalue weighted by molar-refractivity contribution is 0.172. The quantitative estimate of drug-likeness (QED) is 0.828. The summed E-state index contributed by atoms with van der Waals surface area (Å²) in [5.41, 5.74) is 2.67. The maximum atomic E-state index is 5.15. The normalized spacial score (nSPS) is 17.5. The average Bonchev–Trinajstić information content (AvgIpc) is 2.49. The molecule has 1 aromatic rings. The Labute approximate surface area is 123 Å². The Balaban J connectivity index is 1.74. The first-order valence-corrected chi connectivity index (χ1v) is 7.75. The highest BCUT2D eigenvalue weighted by Crippen LogP contribution is 2.21. The molecule has 20 heavy (non-hydrogen) atoms. The van der Waals surface area contributed by atoms with Crippen molar-refractivity contribution in [1.29, 1.82) is 0 Å². The van der Waals surface area contributed by atoms with Crippen molar-refractivity contribution in [3.8, 4) is 0 Å². The lowest BCUT2D eigenvalue weighted by atomic mass is 9.93. The van der Waals surface area contributed by atoms with E-state index in [9.17, 15) is 0 Å². The number of hydrogen-bond acceptors (Lipinski definition) is 3. The minimum absolute atomic E-state index is 0.705. The van der Waals surface area contributed by atoms with Crippen molar-refractivity contribution in [2.24, 2.45) is 5.92 Å². The highest BCUT2D eigenvalue weighted by atomic mass is 16.5. The standard InChI is InChI=1S/C17H28N2O/c1-18-10-7-15-8-11-19(12-9-15)13-16-3-5-17(6-4-16)14-20-2/h3-6,15,18H,7-14H2,1-2H3. The molecular weight excluding hydrogens is 248 g/mol. The van der Waals surface area contributed by atoms with Crippen LogP contribution in [0.3, 0.4) is 0 Å². The van der Waals surface area contributed by atoms with Crippen molar-refractivity contribution in [1.82, 2.24) is 10.2 Å². The van der Waals surface area contributed by atoms with Crippen LogP contribution in [0.15, 0.2) is 24.3 Å². The molecule has 2 rings (SSSR count). The van der Waals surface area contributed by atoms with Gasteiger partial charge in [-0.1, -0.05) is 24.3 Å². The molecule has 0 saturated carbocycles. The fraction of sp³-hybridized carbons (Fsp3) is 0.647. The fourth-order valence-electron chi connectivity index (χ4n) is 2.95. The zero-order valence-electron chi connectivity index (χ0n) is 12.9. The van der Waals surface area contributed by atoms with E-state index >= 15 is 0 Å². The van der Waals surface area contributed by atoms with Crippen LogP contribution in [0.25, 0.3) is 0 Å². The summed E-state index contributed by atoms with van der Waals surface area (Å²) in [7, 11) is 3.79. The Morgan fingerprint density at radius 2 is 1.80 bits per heavy atom. The Kier molecular flexibility index (Phi) is 6.51. The Bertz CT molecular complexity index is 369. The largest absolute Gasteiger partial charge is 0.380 e. The van der Waals surface area contributed by atoms with Crippen LogP contribution in [0.5, 0.6) is 0 Å². The molecule has 112 valence electrons. The second-order valence-electron chi connectivity index (χ2n) is 5.86. The number of piperidine rings is 1. The summed E-state index contributed by atoms with van der Waals surface area (Å²) in [6, 6.07) is 8.83. The Morgan fingerprint density at radius 3 is 2.40 bits per heavy atom. The van der Waals surface area contributed by atoms with Gasteiger partial charge in [-0.05, 0) is 63.0 Å². The van der Waals surface area contributed by atoms with Crippen molar-refractivity contribution in [2.75, 3.05) is 33.8 Å². The zero-order valence-corrected chi connectivity index (χ0v) is 12.9. The van der Waals surface area contributed by atoms with Gasteiger partial charge in [-0.25, -0.2) is 0 Å². The SMILES string of the molecule is CNCCC1CCN(Cc2ccc(COC)cc2)CC1. The smallest absolute Gasteiger partial charge is 0.0713 e. The molecule has 3 heteroatoms. The van der Waals surface area contributed by atoms with Gasteiger partial charge in [-0.3, -0.25) is 4.90 Å². The Hall–Kier alpha value is -0.900. The first-order chi connectivity index (χ1) is 9.81. The number of ether oxygens (including phenoxy) is 1. The number of hydrogen-bond donors (Lipinski definition) is 1. The number of methoxy groups -OCH3 is 1. The molecule has 1 N–H and O–H groups in total. The number of likely N-dealkylation sites (tertiary alicyclic amines) is 1. The molecule has 0 spiro atoms. The minimum atomic E-state index is 0.705. The van der Waals surface area contributed by atoms with E-state index in [0.717, 1.165) is 19.0 Å². The van der Waals surface area contributed by atoms with Gasteiger partial charge in [0.2, 0.25) is 0 Å². The van der Waals surface area contributed by atoms with Crippen LogP contribution in [0, 0.1) is 5.92 Å². The number of rotatable bonds is 7. The van der Waals surface area contributed by atoms with Crippen molar-refractivity contribution in [2.45, 2.75) is 32.4 Å². The third-order valence-electron chi connectivity index (χ3n) is 4.25. The third kappa shape index (κ3) is 4.89. The molecule has 0 bridgehead atoms. The van der Waals surface area contributed by atoms with Crippen LogP contribution in [0.2, 0.25) is 0 Å². The predicted molar refractivity (Wildman–Crippen MR) is 83.7 cm³/mol. The molecule has 1 fully saturated rings. The van der Waals surface area contributed by atoms with Gasteiger partial charge in [0.05, 0.1) is 6.61 Å². The molecule has 3 nitrogen and oxygen atoms in total. The second-order valence-corrected chi connectivity index (χ2v) is 5.86. The summed E-state index contributed by atoms with van der Waals surface area (Å²) in [6.07, 6.45) is 4.03. The van der Waals surface area contributed by atoms with E-state index in [-0.39, 0.29) is 0 Å². The van der Waals surface area contributed by atoms with E-state index in [1.807, 2.05) is 7.05 Å². The molecule has 0 radical (unpaired) electrons. The first-order valence-electron chi connectivity index (χ1n) is 7.75. The summed E-state index contributed by atoms with van der Waals surface area (Å²) in [5.74, 6) is 0.919. The first kappa shape index (κ1) is 15.5. The van der Waals surface area contributed by atoms with Crippen LogP contribution >= 0.6 is 0 Å². The highest BCUT2D eigenvalue weighted by Gasteiger charge is 2.18. The van der Waals surface area contributed by atoms with E-state index in [4.69, 9.17) is 4.74 Å². The summed E-state index contributed by atoms with van der Waals surface area (Å²) >= 11 is 0. The molecule has 1 aromatic carbocycles. The number of benzene rings is 1. The van der Waals surface area contributed by atoms with Gasteiger partial charge >= 0.3 is 0 Å². The van der Waals surface area contributed by atoms with Crippen molar-refractivity contribution >= 4 is 0 Å². The third-order valence-corrected chi connectivity index (χ3v) is 4.25. The second kappa shape index (κ2) is 8.40. The van der Waals surface area contributed by atoms with Gasteiger partial charge < -0.3 is 10.1 Å². The van der Waals surface area contributed by atoms with Crippen molar-refractivity contribution in [3.05, 3.63) is 35.4 Å². The van der Waals surface area contributed by atoms with Crippen LogP contribution < -0.4 is 5.32 Å². The maximum absolute atomic E-state index is 5.15. The highest BCUT2D eigenvalue weighted by molar-refractivity contribution is 5.22. The van der Waals surface area contributed by atoms with Crippen molar-refractivity contribution in [3.63, 3.8) is 0 Å². The molecule has 1 aliphatic rings. The maximum Gasteiger partial charge on any atom is 0.0713 e. The summed E-state index contributed by atoms with van der Waals surface area (Å²) in [6.45, 7) is 5.44. The van der Waals surface area contributed by atoms with Crippen LogP contribution in [-0.4, -0.2) is 38.7 Å². The van der Waals surface area contributed by atoms with E-state index in [0.29, 0.717) is 6.61 Å². The molecule has 0 atom stereocenters. The van der Waals surface area contributed by atoms with E-state index < -0.39 is 0 Å². The monoisotopic (exact) mass is 276 g/mol. The molecule has 0 aliphatic carbocycles. The molecule has 0 aromatic heterocycles. The zero-order chi connectivity index (χ0) is 14.2.